The molecule has 2 aromatic rings. The van der Waals surface area contributed by atoms with E-state index < -0.39 is 0 Å². The smallest absolute Gasteiger partial charge is 0.265 e. The summed E-state index contributed by atoms with van der Waals surface area (Å²) in [6.07, 6.45) is 2.01. The van der Waals surface area contributed by atoms with Crippen LogP contribution in [0.1, 0.15) is 9.67 Å². The first-order valence-electron chi connectivity index (χ1n) is 4.90. The van der Waals surface area contributed by atoms with Crippen molar-refractivity contribution < 1.29 is 4.79 Å². The largest absolute Gasteiger partial charge is 0.321 e. The predicted molar refractivity (Wildman–Crippen MR) is 78.2 cm³/mol. The van der Waals surface area contributed by atoms with Gasteiger partial charge < -0.3 is 5.32 Å². The molecule has 1 heterocycles. The monoisotopic (exact) mass is 327 g/mol. The van der Waals surface area contributed by atoms with Gasteiger partial charge in [0.15, 0.2) is 0 Å². The summed E-state index contributed by atoms with van der Waals surface area (Å²) < 4.78 is 0.959. The second-order valence-electron chi connectivity index (χ2n) is 3.29. The number of nitrogens with one attached hydrogen (secondary N) is 1. The molecule has 0 aliphatic rings. The van der Waals surface area contributed by atoms with Gasteiger partial charge in [-0.15, -0.1) is 23.1 Å². The lowest BCUT2D eigenvalue weighted by atomic mass is 10.3. The van der Waals surface area contributed by atoms with Gasteiger partial charge in [-0.05, 0) is 52.5 Å². The van der Waals surface area contributed by atoms with Crippen LogP contribution in [-0.4, -0.2) is 12.2 Å². The Morgan fingerprint density at radius 3 is 2.82 bits per heavy atom. The van der Waals surface area contributed by atoms with Crippen LogP contribution in [0.25, 0.3) is 0 Å². The van der Waals surface area contributed by atoms with E-state index in [-0.39, 0.29) is 5.91 Å². The van der Waals surface area contributed by atoms with E-state index in [1.807, 2.05) is 42.7 Å². The summed E-state index contributed by atoms with van der Waals surface area (Å²) in [7, 11) is 0. The summed E-state index contributed by atoms with van der Waals surface area (Å²) >= 11 is 6.42. The molecule has 0 unspecified atom stereocenters. The zero-order chi connectivity index (χ0) is 12.3. The molecule has 2 rings (SSSR count). The van der Waals surface area contributed by atoms with E-state index in [2.05, 4.69) is 21.2 Å². The van der Waals surface area contributed by atoms with Gasteiger partial charge >= 0.3 is 0 Å². The third-order valence-corrected chi connectivity index (χ3v) is 4.47. The van der Waals surface area contributed by atoms with E-state index >= 15 is 0 Å². The molecule has 2 nitrogen and oxygen atoms in total. The topological polar surface area (TPSA) is 29.1 Å². The van der Waals surface area contributed by atoms with Crippen molar-refractivity contribution in [1.29, 1.82) is 0 Å². The number of thiophene rings is 1. The lowest BCUT2D eigenvalue weighted by Crippen LogP contribution is -2.09. The van der Waals surface area contributed by atoms with Crippen molar-refractivity contribution in [1.82, 2.24) is 0 Å². The number of halogens is 1. The predicted octanol–water partition coefficient (Wildman–Crippen LogP) is 4.48. The number of amides is 1. The summed E-state index contributed by atoms with van der Waals surface area (Å²) in [5, 5.41) is 2.88. The number of benzene rings is 1. The molecule has 0 radical (unpaired) electrons. The molecule has 0 atom stereocenters. The molecular weight excluding hydrogens is 318 g/mol. The van der Waals surface area contributed by atoms with Crippen molar-refractivity contribution in [3.05, 3.63) is 45.1 Å². The van der Waals surface area contributed by atoms with Crippen molar-refractivity contribution in [3.63, 3.8) is 0 Å². The van der Waals surface area contributed by atoms with Gasteiger partial charge in [-0.25, -0.2) is 0 Å². The van der Waals surface area contributed by atoms with Gasteiger partial charge in [0, 0.05) is 10.6 Å². The van der Waals surface area contributed by atoms with Crippen LogP contribution >= 0.6 is 39.0 Å². The average molecular weight is 328 g/mol. The van der Waals surface area contributed by atoms with Gasteiger partial charge in [0.05, 0.1) is 8.66 Å². The quantitative estimate of drug-likeness (QED) is 0.842. The number of rotatable bonds is 3. The molecule has 17 heavy (non-hydrogen) atoms. The molecule has 0 aliphatic carbocycles. The third-order valence-electron chi connectivity index (χ3n) is 2.12. The maximum Gasteiger partial charge on any atom is 0.265 e. The summed E-state index contributed by atoms with van der Waals surface area (Å²) in [5.41, 5.74) is 0.825. The lowest BCUT2D eigenvalue weighted by Gasteiger charge is -2.04. The first kappa shape index (κ1) is 12.7. The summed E-state index contributed by atoms with van der Waals surface area (Å²) in [5.74, 6) is -0.0704. The molecule has 0 spiro atoms. The Labute approximate surface area is 117 Å². The number of hydrogen-bond donors (Lipinski definition) is 1. The van der Waals surface area contributed by atoms with Crippen LogP contribution in [0.5, 0.6) is 0 Å². The molecular formula is C12H10BrNOS2. The number of thioether (sulfide) groups is 1. The van der Waals surface area contributed by atoms with Gasteiger partial charge in [0.2, 0.25) is 0 Å². The van der Waals surface area contributed by atoms with Gasteiger partial charge in [-0.3, -0.25) is 4.79 Å². The van der Waals surface area contributed by atoms with Crippen LogP contribution < -0.4 is 5.32 Å². The SMILES string of the molecule is CSc1cccc(NC(=O)c2ccc(Br)s2)c1. The van der Waals surface area contributed by atoms with Crippen molar-refractivity contribution in [3.8, 4) is 0 Å². The minimum Gasteiger partial charge on any atom is -0.321 e. The second kappa shape index (κ2) is 5.71. The Kier molecular flexibility index (Phi) is 4.25. The highest BCUT2D eigenvalue weighted by atomic mass is 79.9. The Balaban J connectivity index is 2.12. The molecule has 1 amide bonds. The van der Waals surface area contributed by atoms with E-state index in [0.717, 1.165) is 14.4 Å². The van der Waals surface area contributed by atoms with E-state index in [1.165, 1.54) is 11.3 Å². The van der Waals surface area contributed by atoms with Crippen LogP contribution in [0, 0.1) is 0 Å². The fraction of sp³-hybridized carbons (Fsp3) is 0.0833. The van der Waals surface area contributed by atoms with Gasteiger partial charge in [-0.2, -0.15) is 0 Å². The zero-order valence-corrected chi connectivity index (χ0v) is 12.3. The first-order valence-corrected chi connectivity index (χ1v) is 7.73. The van der Waals surface area contributed by atoms with Crippen molar-refractivity contribution in [2.75, 3.05) is 11.6 Å². The number of anilines is 1. The van der Waals surface area contributed by atoms with Gasteiger partial charge in [-0.1, -0.05) is 6.07 Å². The fourth-order valence-corrected chi connectivity index (χ4v) is 3.07. The minimum absolute atomic E-state index is 0.0704. The van der Waals surface area contributed by atoms with E-state index in [0.29, 0.717) is 4.88 Å². The molecule has 0 aliphatic heterocycles. The molecule has 0 bridgehead atoms. The van der Waals surface area contributed by atoms with Gasteiger partial charge in [0.25, 0.3) is 5.91 Å². The zero-order valence-electron chi connectivity index (χ0n) is 9.07. The van der Waals surface area contributed by atoms with Crippen LogP contribution in [0.2, 0.25) is 0 Å². The lowest BCUT2D eigenvalue weighted by molar-refractivity contribution is 0.103. The molecule has 1 N–H and O–H groups in total. The maximum absolute atomic E-state index is 11.9. The number of hydrogen-bond acceptors (Lipinski definition) is 3. The Bertz CT molecular complexity index is 539. The average Bonchev–Trinajstić information content (AvgIpc) is 2.76. The molecule has 5 heteroatoms. The summed E-state index contributed by atoms with van der Waals surface area (Å²) in [6, 6.07) is 11.5. The summed E-state index contributed by atoms with van der Waals surface area (Å²) in [6.45, 7) is 0. The molecule has 0 saturated carbocycles. The maximum atomic E-state index is 11.9. The highest BCUT2D eigenvalue weighted by Gasteiger charge is 2.08. The molecule has 0 fully saturated rings. The fourth-order valence-electron chi connectivity index (χ4n) is 1.33. The highest BCUT2D eigenvalue weighted by Crippen LogP contribution is 2.24. The van der Waals surface area contributed by atoms with E-state index in [9.17, 15) is 4.79 Å². The normalized spacial score (nSPS) is 10.2. The Hall–Kier alpha value is -0.780. The summed E-state index contributed by atoms with van der Waals surface area (Å²) in [4.78, 5) is 13.7. The first-order chi connectivity index (χ1) is 8.19. The standard InChI is InChI=1S/C12H10BrNOS2/c1-16-9-4-2-3-8(7-9)14-12(15)10-5-6-11(13)17-10/h2-7H,1H3,(H,14,15). The molecule has 0 saturated heterocycles. The Morgan fingerprint density at radius 1 is 1.35 bits per heavy atom. The van der Waals surface area contributed by atoms with E-state index in [4.69, 9.17) is 0 Å². The van der Waals surface area contributed by atoms with Crippen LogP contribution in [0.4, 0.5) is 5.69 Å². The van der Waals surface area contributed by atoms with Gasteiger partial charge in [0.1, 0.15) is 0 Å². The molecule has 1 aromatic carbocycles. The number of carbonyl (C=O) groups excluding carboxylic acids is 1. The highest BCUT2D eigenvalue weighted by molar-refractivity contribution is 9.11. The van der Waals surface area contributed by atoms with Crippen molar-refractivity contribution in [2.24, 2.45) is 0 Å². The van der Waals surface area contributed by atoms with Crippen LogP contribution in [-0.2, 0) is 0 Å². The Morgan fingerprint density at radius 2 is 2.18 bits per heavy atom. The third kappa shape index (κ3) is 3.34. The van der Waals surface area contributed by atoms with Crippen molar-refractivity contribution >= 4 is 50.6 Å². The molecule has 88 valence electrons. The van der Waals surface area contributed by atoms with Crippen LogP contribution in [0.3, 0.4) is 0 Å². The van der Waals surface area contributed by atoms with Crippen molar-refractivity contribution in [2.45, 2.75) is 4.90 Å². The minimum atomic E-state index is -0.0704. The second-order valence-corrected chi connectivity index (χ2v) is 6.63. The van der Waals surface area contributed by atoms with Crippen LogP contribution in [0.15, 0.2) is 45.1 Å². The molecule has 1 aromatic heterocycles. The van der Waals surface area contributed by atoms with E-state index in [1.54, 1.807) is 11.8 Å². The number of carbonyl (C=O) groups is 1.